The lowest BCUT2D eigenvalue weighted by molar-refractivity contribution is 0.171. The van der Waals surface area contributed by atoms with Gasteiger partial charge in [-0.3, -0.25) is 0 Å². The molecule has 0 rings (SSSR count). The van der Waals surface area contributed by atoms with E-state index in [1.54, 1.807) is 7.11 Å². The molecule has 0 saturated heterocycles. The molecule has 0 heterocycles. The van der Waals surface area contributed by atoms with E-state index in [9.17, 15) is 8.42 Å². The molecule has 0 radical (unpaired) electrons. The van der Waals surface area contributed by atoms with Crippen LogP contribution in [-0.4, -0.2) is 51.3 Å². The summed E-state index contributed by atoms with van der Waals surface area (Å²) in [4.78, 5) is 0. The van der Waals surface area contributed by atoms with Gasteiger partial charge in [-0.1, -0.05) is 0 Å². The molecule has 15 heavy (non-hydrogen) atoms. The molecule has 0 aliphatic heterocycles. The van der Waals surface area contributed by atoms with Crippen molar-refractivity contribution in [2.75, 3.05) is 32.6 Å². The predicted molar refractivity (Wildman–Crippen MR) is 61.2 cm³/mol. The van der Waals surface area contributed by atoms with Crippen LogP contribution in [0.1, 0.15) is 20.3 Å². The Balaban J connectivity index is 4.45. The SMILES string of the molecule is COCCN(C(C)C)S(=O)(=O)CCCN. The van der Waals surface area contributed by atoms with Crippen molar-refractivity contribution in [2.24, 2.45) is 5.73 Å². The average molecular weight is 238 g/mol. The molecule has 2 N–H and O–H groups in total. The average Bonchev–Trinajstić information content (AvgIpc) is 2.14. The Kier molecular flexibility index (Phi) is 7.08. The molecule has 0 aliphatic carbocycles. The van der Waals surface area contributed by atoms with Crippen molar-refractivity contribution in [3.8, 4) is 0 Å². The summed E-state index contributed by atoms with van der Waals surface area (Å²) >= 11 is 0. The highest BCUT2D eigenvalue weighted by atomic mass is 32.2. The fraction of sp³-hybridized carbons (Fsp3) is 1.00. The second-order valence-corrected chi connectivity index (χ2v) is 5.70. The zero-order valence-corrected chi connectivity index (χ0v) is 10.6. The zero-order valence-electron chi connectivity index (χ0n) is 9.77. The molecule has 0 aromatic rings. The number of ether oxygens (including phenoxy) is 1. The third-order valence-corrected chi connectivity index (χ3v) is 4.18. The summed E-state index contributed by atoms with van der Waals surface area (Å²) in [6.45, 7) is 4.93. The number of hydrogen-bond donors (Lipinski definition) is 1. The highest BCUT2D eigenvalue weighted by Gasteiger charge is 2.23. The lowest BCUT2D eigenvalue weighted by Gasteiger charge is -2.25. The van der Waals surface area contributed by atoms with E-state index in [1.165, 1.54) is 4.31 Å². The summed E-state index contributed by atoms with van der Waals surface area (Å²) in [5.41, 5.74) is 5.30. The van der Waals surface area contributed by atoms with E-state index in [2.05, 4.69) is 0 Å². The van der Waals surface area contributed by atoms with Gasteiger partial charge in [-0.25, -0.2) is 8.42 Å². The third-order valence-electron chi connectivity index (χ3n) is 2.06. The van der Waals surface area contributed by atoms with Gasteiger partial charge in [0.15, 0.2) is 0 Å². The number of nitrogens with zero attached hydrogens (tertiary/aromatic N) is 1. The van der Waals surface area contributed by atoms with Gasteiger partial charge in [-0.05, 0) is 26.8 Å². The molecule has 0 aromatic carbocycles. The van der Waals surface area contributed by atoms with Crippen LogP contribution in [0.2, 0.25) is 0 Å². The Bertz CT molecular complexity index is 252. The maximum Gasteiger partial charge on any atom is 0.214 e. The quantitative estimate of drug-likeness (QED) is 0.647. The molecular formula is C9H22N2O3S. The van der Waals surface area contributed by atoms with E-state index in [0.717, 1.165) is 0 Å². The number of nitrogens with two attached hydrogens (primary N) is 1. The van der Waals surface area contributed by atoms with E-state index < -0.39 is 10.0 Å². The van der Waals surface area contributed by atoms with E-state index in [1.807, 2.05) is 13.8 Å². The molecule has 6 heteroatoms. The Hall–Kier alpha value is -0.170. The van der Waals surface area contributed by atoms with Crippen LogP contribution in [-0.2, 0) is 14.8 Å². The van der Waals surface area contributed by atoms with Crippen LogP contribution in [0, 0.1) is 0 Å². The fourth-order valence-electron chi connectivity index (χ4n) is 1.28. The minimum Gasteiger partial charge on any atom is -0.383 e. The standard InChI is InChI=1S/C9H22N2O3S/c1-9(2)11(6-7-14-3)15(12,13)8-4-5-10/h9H,4-8,10H2,1-3H3. The predicted octanol–water partition coefficient (Wildman–Crippen LogP) is 0.0218. The lowest BCUT2D eigenvalue weighted by Crippen LogP contribution is -2.40. The highest BCUT2D eigenvalue weighted by molar-refractivity contribution is 7.89. The van der Waals surface area contributed by atoms with E-state index >= 15 is 0 Å². The maximum absolute atomic E-state index is 11.9. The van der Waals surface area contributed by atoms with Crippen LogP contribution >= 0.6 is 0 Å². The number of sulfonamides is 1. The van der Waals surface area contributed by atoms with Crippen molar-refractivity contribution >= 4 is 10.0 Å². The molecule has 0 aliphatic rings. The van der Waals surface area contributed by atoms with Crippen LogP contribution in [0.3, 0.4) is 0 Å². The largest absolute Gasteiger partial charge is 0.383 e. The summed E-state index contributed by atoms with van der Waals surface area (Å²) in [6.07, 6.45) is 0.499. The molecule has 0 spiro atoms. The van der Waals surface area contributed by atoms with Gasteiger partial charge in [-0.15, -0.1) is 0 Å². The number of methoxy groups -OCH3 is 1. The molecular weight excluding hydrogens is 216 g/mol. The van der Waals surface area contributed by atoms with Gasteiger partial charge in [0.2, 0.25) is 10.0 Å². The number of hydrogen-bond acceptors (Lipinski definition) is 4. The van der Waals surface area contributed by atoms with Crippen LogP contribution in [0.5, 0.6) is 0 Å². The van der Waals surface area contributed by atoms with Crippen LogP contribution in [0.25, 0.3) is 0 Å². The van der Waals surface area contributed by atoms with Gasteiger partial charge in [-0.2, -0.15) is 4.31 Å². The van der Waals surface area contributed by atoms with Gasteiger partial charge in [0.25, 0.3) is 0 Å². The first-order chi connectivity index (χ1) is 6.95. The van der Waals surface area contributed by atoms with E-state index in [4.69, 9.17) is 10.5 Å². The van der Waals surface area contributed by atoms with Gasteiger partial charge in [0, 0.05) is 19.7 Å². The molecule has 92 valence electrons. The Morgan fingerprint density at radius 2 is 2.00 bits per heavy atom. The van der Waals surface area contributed by atoms with Crippen molar-refractivity contribution in [2.45, 2.75) is 26.3 Å². The Morgan fingerprint density at radius 1 is 1.40 bits per heavy atom. The minimum absolute atomic E-state index is 0.0390. The van der Waals surface area contributed by atoms with Crippen LogP contribution in [0.4, 0.5) is 0 Å². The van der Waals surface area contributed by atoms with Gasteiger partial charge >= 0.3 is 0 Å². The topological polar surface area (TPSA) is 72.6 Å². The van der Waals surface area contributed by atoms with Crippen molar-refractivity contribution in [1.29, 1.82) is 0 Å². The van der Waals surface area contributed by atoms with Crippen molar-refractivity contribution < 1.29 is 13.2 Å². The van der Waals surface area contributed by atoms with Crippen molar-refractivity contribution in [3.63, 3.8) is 0 Å². The van der Waals surface area contributed by atoms with Crippen LogP contribution in [0.15, 0.2) is 0 Å². The normalized spacial score (nSPS) is 12.7. The molecule has 5 nitrogen and oxygen atoms in total. The van der Waals surface area contributed by atoms with Gasteiger partial charge in [0.05, 0.1) is 12.4 Å². The van der Waals surface area contributed by atoms with Crippen LogP contribution < -0.4 is 5.73 Å². The minimum atomic E-state index is -3.18. The first kappa shape index (κ1) is 14.8. The second kappa shape index (κ2) is 7.16. The molecule has 0 atom stereocenters. The summed E-state index contributed by atoms with van der Waals surface area (Å²) in [5, 5.41) is 0. The fourth-order valence-corrected chi connectivity index (χ4v) is 3.04. The first-order valence-corrected chi connectivity index (χ1v) is 6.75. The third kappa shape index (κ3) is 5.46. The van der Waals surface area contributed by atoms with Crippen molar-refractivity contribution in [1.82, 2.24) is 4.31 Å². The maximum atomic E-state index is 11.9. The zero-order chi connectivity index (χ0) is 11.9. The molecule has 0 fully saturated rings. The lowest BCUT2D eigenvalue weighted by atomic mass is 10.4. The molecule has 0 bridgehead atoms. The Labute approximate surface area is 92.6 Å². The molecule has 0 saturated carbocycles. The summed E-state index contributed by atoms with van der Waals surface area (Å²) in [5.74, 6) is 0.116. The second-order valence-electron chi connectivity index (χ2n) is 3.66. The summed E-state index contributed by atoms with van der Waals surface area (Å²) < 4.78 is 30.1. The molecule has 0 unspecified atom stereocenters. The molecule has 0 amide bonds. The van der Waals surface area contributed by atoms with Gasteiger partial charge in [0.1, 0.15) is 0 Å². The van der Waals surface area contributed by atoms with E-state index in [0.29, 0.717) is 26.1 Å². The smallest absolute Gasteiger partial charge is 0.214 e. The van der Waals surface area contributed by atoms with E-state index in [-0.39, 0.29) is 11.8 Å². The summed E-state index contributed by atoms with van der Waals surface area (Å²) in [6, 6.07) is -0.0390. The highest BCUT2D eigenvalue weighted by Crippen LogP contribution is 2.08. The number of rotatable bonds is 8. The first-order valence-electron chi connectivity index (χ1n) is 5.14. The van der Waals surface area contributed by atoms with Gasteiger partial charge < -0.3 is 10.5 Å². The Morgan fingerprint density at radius 3 is 2.40 bits per heavy atom. The molecule has 0 aromatic heterocycles. The monoisotopic (exact) mass is 238 g/mol. The summed E-state index contributed by atoms with van der Waals surface area (Å²) in [7, 11) is -1.62. The van der Waals surface area contributed by atoms with Crippen molar-refractivity contribution in [3.05, 3.63) is 0 Å².